The number of hydrogen-bond donors (Lipinski definition) is 2. The maximum atomic E-state index is 13.6. The zero-order chi connectivity index (χ0) is 58.6. The van der Waals surface area contributed by atoms with Gasteiger partial charge in [-0.3, -0.25) is 18.6 Å². The summed E-state index contributed by atoms with van der Waals surface area (Å²) in [6.07, 6.45) is 76.6. The van der Waals surface area contributed by atoms with E-state index < -0.39 is 20.0 Å². The van der Waals surface area contributed by atoms with Gasteiger partial charge in [-0.2, -0.15) is 0 Å². The van der Waals surface area contributed by atoms with Gasteiger partial charge < -0.3 is 19.4 Å². The molecule has 0 radical (unpaired) electrons. The number of carbonyl (C=O) groups is 2. The molecule has 10 heteroatoms. The first-order valence-electron chi connectivity index (χ1n) is 34.1. The number of unbranched alkanes of at least 4 members (excludes halogenated alkanes) is 38. The average molecular weight is 1140 g/mol. The SMILES string of the molecule is CCCCC/C=C\C/C=C\C/C=C\CCCCCCCCCCCCCCCCC(=O)NC(COP(=O)(O)OCC[N+](C)(C)C)C(/C=C\CCCCCCCCCCCCC)OC(=O)CCCCC/C=C\CCCCCCCCC. The lowest BCUT2D eigenvalue weighted by Gasteiger charge is -2.27. The Morgan fingerprint density at radius 2 is 0.762 bits per heavy atom. The number of hydrogen-bond acceptors (Lipinski definition) is 6. The maximum absolute atomic E-state index is 13.6. The first-order chi connectivity index (χ1) is 38.9. The number of nitrogens with zero attached hydrogens (tertiary/aromatic N) is 1. The quantitative estimate of drug-likeness (QED) is 0.0205. The van der Waals surface area contributed by atoms with Gasteiger partial charge in [0.05, 0.1) is 33.8 Å². The summed E-state index contributed by atoms with van der Waals surface area (Å²) in [4.78, 5) is 37.8. The van der Waals surface area contributed by atoms with E-state index in [4.69, 9.17) is 13.8 Å². The molecule has 0 spiro atoms. The van der Waals surface area contributed by atoms with Crippen molar-refractivity contribution in [1.29, 1.82) is 0 Å². The van der Waals surface area contributed by atoms with Crippen molar-refractivity contribution in [2.24, 2.45) is 0 Å². The second-order valence-electron chi connectivity index (χ2n) is 24.3. The van der Waals surface area contributed by atoms with Crippen molar-refractivity contribution in [2.75, 3.05) is 40.9 Å². The van der Waals surface area contributed by atoms with Crippen LogP contribution >= 0.6 is 7.82 Å². The number of phosphoric ester groups is 1. The lowest BCUT2D eigenvalue weighted by atomic mass is 10.0. The smallest absolute Gasteiger partial charge is 0.456 e. The third kappa shape index (κ3) is 60.3. The van der Waals surface area contributed by atoms with E-state index in [9.17, 15) is 19.0 Å². The van der Waals surface area contributed by atoms with E-state index in [1.54, 1.807) is 0 Å². The highest BCUT2D eigenvalue weighted by Crippen LogP contribution is 2.43. The summed E-state index contributed by atoms with van der Waals surface area (Å²) in [5.74, 6) is -0.514. The third-order valence-electron chi connectivity index (χ3n) is 15.2. The molecule has 0 rings (SSSR count). The summed E-state index contributed by atoms with van der Waals surface area (Å²) >= 11 is 0. The molecule has 0 fully saturated rings. The highest BCUT2D eigenvalue weighted by Gasteiger charge is 2.30. The summed E-state index contributed by atoms with van der Waals surface area (Å²) < 4.78 is 30.8. The van der Waals surface area contributed by atoms with Crippen LogP contribution in [0.15, 0.2) is 60.8 Å². The fourth-order valence-corrected chi connectivity index (χ4v) is 10.6. The molecule has 3 unspecified atom stereocenters. The molecule has 0 heterocycles. The molecule has 0 aliphatic rings. The van der Waals surface area contributed by atoms with Crippen LogP contribution in [0.1, 0.15) is 323 Å². The minimum Gasteiger partial charge on any atom is -0.456 e. The summed E-state index contributed by atoms with van der Waals surface area (Å²) in [6.45, 7) is 7.00. The van der Waals surface area contributed by atoms with Gasteiger partial charge >= 0.3 is 13.8 Å². The minimum absolute atomic E-state index is 0.0381. The van der Waals surface area contributed by atoms with E-state index in [1.807, 2.05) is 33.3 Å². The first-order valence-corrected chi connectivity index (χ1v) is 35.6. The Labute approximate surface area is 496 Å². The molecule has 0 aromatic carbocycles. The van der Waals surface area contributed by atoms with Crippen LogP contribution in [-0.2, 0) is 27.9 Å². The van der Waals surface area contributed by atoms with Crippen LogP contribution in [-0.4, -0.2) is 74.3 Å². The molecular formula is C70H132N2O7P+. The van der Waals surface area contributed by atoms with E-state index in [0.717, 1.165) is 83.5 Å². The van der Waals surface area contributed by atoms with Crippen LogP contribution < -0.4 is 5.32 Å². The highest BCUT2D eigenvalue weighted by molar-refractivity contribution is 7.47. The van der Waals surface area contributed by atoms with Gasteiger partial charge in [0.25, 0.3) is 0 Å². The first kappa shape index (κ1) is 77.7. The molecule has 80 heavy (non-hydrogen) atoms. The lowest BCUT2D eigenvalue weighted by Crippen LogP contribution is -2.47. The summed E-state index contributed by atoms with van der Waals surface area (Å²) in [7, 11) is 1.49. The van der Waals surface area contributed by atoms with Crippen molar-refractivity contribution in [3.8, 4) is 0 Å². The van der Waals surface area contributed by atoms with Gasteiger partial charge in [-0.15, -0.1) is 0 Å². The van der Waals surface area contributed by atoms with E-state index in [-0.39, 0.29) is 31.5 Å². The Balaban J connectivity index is 5.05. The molecule has 0 aromatic heterocycles. The van der Waals surface area contributed by atoms with Gasteiger partial charge in [0.1, 0.15) is 19.3 Å². The van der Waals surface area contributed by atoms with Gasteiger partial charge in [0.15, 0.2) is 0 Å². The van der Waals surface area contributed by atoms with E-state index in [0.29, 0.717) is 17.4 Å². The molecule has 0 bridgehead atoms. The molecule has 0 aliphatic carbocycles. The fourth-order valence-electron chi connectivity index (χ4n) is 9.88. The van der Waals surface area contributed by atoms with Crippen LogP contribution in [0.2, 0.25) is 0 Å². The van der Waals surface area contributed by atoms with Crippen LogP contribution in [0, 0.1) is 0 Å². The number of nitrogens with one attached hydrogen (secondary N) is 1. The van der Waals surface area contributed by atoms with Crippen molar-refractivity contribution in [3.05, 3.63) is 60.8 Å². The number of quaternary nitrogens is 1. The minimum atomic E-state index is -4.45. The number of amides is 1. The van der Waals surface area contributed by atoms with E-state index in [2.05, 4.69) is 74.7 Å². The number of ether oxygens (including phenoxy) is 1. The zero-order valence-electron chi connectivity index (χ0n) is 53.6. The van der Waals surface area contributed by atoms with Crippen molar-refractivity contribution < 1.29 is 37.3 Å². The third-order valence-corrected chi connectivity index (χ3v) is 16.2. The van der Waals surface area contributed by atoms with Crippen molar-refractivity contribution in [1.82, 2.24) is 5.32 Å². The number of rotatable bonds is 62. The van der Waals surface area contributed by atoms with Crippen LogP contribution in [0.4, 0.5) is 0 Å². The number of allylic oxidation sites excluding steroid dienone is 9. The average Bonchev–Trinajstić information content (AvgIpc) is 3.42. The fraction of sp³-hybridized carbons (Fsp3) is 0.829. The van der Waals surface area contributed by atoms with E-state index >= 15 is 0 Å². The molecular weight excluding hydrogens is 1010 g/mol. The molecule has 1 amide bonds. The molecule has 0 aliphatic heterocycles. The summed E-state index contributed by atoms with van der Waals surface area (Å²) in [5.41, 5.74) is 0. The Kier molecular flexibility index (Phi) is 58.1. The van der Waals surface area contributed by atoms with Crippen LogP contribution in [0.3, 0.4) is 0 Å². The standard InChI is InChI=1S/C70H131N2O7P/c1-7-10-13-16-19-22-25-28-30-31-32-33-34-35-36-37-38-39-40-41-42-44-47-50-53-56-59-62-69(73)71-67(66-78-80(75,76)77-65-64-72(4,5)6)68(61-58-55-52-49-46-43-27-24-21-18-15-12-9-3)79-70(74)63-60-57-54-51-48-45-29-26-23-20-17-14-11-8-2/h19,22,28,30,32-33,45,48,58,61,67-68H,7-18,20-21,23-27,29,31,34-44,46-47,49-57,59-60,62-66H2,1-6H3,(H-,71,73,75,76)/p+1/b22-19-,30-28-,33-32-,48-45-,61-58-. The van der Waals surface area contributed by atoms with Gasteiger partial charge in [-0.05, 0) is 96.0 Å². The van der Waals surface area contributed by atoms with Gasteiger partial charge in [0, 0.05) is 12.8 Å². The van der Waals surface area contributed by atoms with Crippen LogP contribution in [0.5, 0.6) is 0 Å². The van der Waals surface area contributed by atoms with Crippen LogP contribution in [0.25, 0.3) is 0 Å². The Morgan fingerprint density at radius 1 is 0.438 bits per heavy atom. The van der Waals surface area contributed by atoms with Crippen molar-refractivity contribution in [3.63, 3.8) is 0 Å². The predicted molar refractivity (Wildman–Crippen MR) is 346 cm³/mol. The van der Waals surface area contributed by atoms with Crippen molar-refractivity contribution in [2.45, 2.75) is 335 Å². The summed E-state index contributed by atoms with van der Waals surface area (Å²) in [5, 5.41) is 3.06. The molecule has 9 nitrogen and oxygen atoms in total. The van der Waals surface area contributed by atoms with E-state index in [1.165, 1.54) is 205 Å². The molecule has 3 atom stereocenters. The van der Waals surface area contributed by atoms with Crippen molar-refractivity contribution >= 4 is 19.7 Å². The Bertz CT molecular complexity index is 1550. The van der Waals surface area contributed by atoms with Gasteiger partial charge in [-0.25, -0.2) is 4.57 Å². The van der Waals surface area contributed by atoms with Gasteiger partial charge in [0.2, 0.25) is 5.91 Å². The lowest BCUT2D eigenvalue weighted by molar-refractivity contribution is -0.870. The second kappa shape index (κ2) is 59.9. The summed E-state index contributed by atoms with van der Waals surface area (Å²) in [6, 6.07) is -0.855. The number of carbonyl (C=O) groups excluding carboxylic acids is 2. The largest absolute Gasteiger partial charge is 0.472 e. The monoisotopic (exact) mass is 1140 g/mol. The Morgan fingerprint density at radius 3 is 1.19 bits per heavy atom. The molecule has 2 N–H and O–H groups in total. The topological polar surface area (TPSA) is 111 Å². The second-order valence-corrected chi connectivity index (χ2v) is 25.8. The molecule has 0 saturated heterocycles. The number of phosphoric acid groups is 1. The zero-order valence-corrected chi connectivity index (χ0v) is 54.5. The number of esters is 1. The normalized spacial score (nSPS) is 13.9. The highest BCUT2D eigenvalue weighted by atomic mass is 31.2. The molecule has 0 saturated carbocycles. The number of likely N-dealkylation sites (N-methyl/N-ethyl adjacent to an activating group) is 1. The maximum Gasteiger partial charge on any atom is 0.472 e. The Hall–Kier alpha value is -2.29. The molecule has 468 valence electrons. The van der Waals surface area contributed by atoms with Gasteiger partial charge in [-0.1, -0.05) is 275 Å². The molecule has 0 aromatic rings. The predicted octanol–water partition coefficient (Wildman–Crippen LogP) is 21.4.